The molecule has 0 unspecified atom stereocenters. The van der Waals surface area contributed by atoms with Crippen LogP contribution in [0.3, 0.4) is 0 Å². The van der Waals surface area contributed by atoms with Gasteiger partial charge in [0.25, 0.3) is 11.6 Å². The summed E-state index contributed by atoms with van der Waals surface area (Å²) in [5.41, 5.74) is 1.29. The first-order chi connectivity index (χ1) is 14.3. The standard InChI is InChI=1S/C20H19N3O6S/c1-14(20(24)21-25)22(13-16-8-3-5-11-18(16)23(26)27)30(28,29)19-12-6-9-15-7-2-4-10-17(15)19/h2-12,14,25H,13H2,1H3,(H,21,24)/t14-/m0/s1. The van der Waals surface area contributed by atoms with E-state index in [-0.39, 0.29) is 16.1 Å². The van der Waals surface area contributed by atoms with E-state index in [1.165, 1.54) is 36.7 Å². The Hall–Kier alpha value is -3.34. The van der Waals surface area contributed by atoms with Crippen molar-refractivity contribution in [3.63, 3.8) is 0 Å². The van der Waals surface area contributed by atoms with E-state index in [0.717, 1.165) is 4.31 Å². The normalized spacial score (nSPS) is 12.6. The molecule has 10 heteroatoms. The van der Waals surface area contributed by atoms with Gasteiger partial charge in [-0.25, -0.2) is 13.9 Å². The molecule has 30 heavy (non-hydrogen) atoms. The fraction of sp³-hybridized carbons (Fsp3) is 0.150. The van der Waals surface area contributed by atoms with E-state index >= 15 is 0 Å². The second kappa shape index (κ2) is 8.57. The van der Waals surface area contributed by atoms with Crippen molar-refractivity contribution in [2.24, 2.45) is 0 Å². The summed E-state index contributed by atoms with van der Waals surface area (Å²) in [7, 11) is -4.28. The van der Waals surface area contributed by atoms with Crippen molar-refractivity contribution in [2.75, 3.05) is 0 Å². The van der Waals surface area contributed by atoms with Gasteiger partial charge in [0, 0.05) is 23.6 Å². The lowest BCUT2D eigenvalue weighted by Gasteiger charge is -2.27. The number of carbonyl (C=O) groups is 1. The molecule has 3 aromatic carbocycles. The molecule has 0 spiro atoms. The Balaban J connectivity index is 2.17. The molecule has 9 nitrogen and oxygen atoms in total. The lowest BCUT2D eigenvalue weighted by molar-refractivity contribution is -0.385. The predicted octanol–water partition coefficient (Wildman–Crippen LogP) is 2.83. The van der Waals surface area contributed by atoms with Gasteiger partial charge in [-0.05, 0) is 18.4 Å². The number of carbonyl (C=O) groups excluding carboxylic acids is 1. The van der Waals surface area contributed by atoms with Crippen LogP contribution in [0.15, 0.2) is 71.6 Å². The highest BCUT2D eigenvalue weighted by Crippen LogP contribution is 2.30. The fourth-order valence-electron chi connectivity index (χ4n) is 3.19. The summed E-state index contributed by atoms with van der Waals surface area (Å²) in [6, 6.07) is 16.0. The Bertz CT molecular complexity index is 1210. The van der Waals surface area contributed by atoms with Crippen LogP contribution in [0.25, 0.3) is 10.8 Å². The smallest absolute Gasteiger partial charge is 0.273 e. The minimum absolute atomic E-state index is 0.0447. The lowest BCUT2D eigenvalue weighted by Crippen LogP contribution is -2.46. The van der Waals surface area contributed by atoms with E-state index in [2.05, 4.69) is 0 Å². The van der Waals surface area contributed by atoms with Crippen LogP contribution >= 0.6 is 0 Å². The van der Waals surface area contributed by atoms with Crippen LogP contribution in [0, 0.1) is 10.1 Å². The van der Waals surface area contributed by atoms with Crippen LogP contribution in [0.1, 0.15) is 12.5 Å². The van der Waals surface area contributed by atoms with Gasteiger partial charge >= 0.3 is 0 Å². The molecule has 0 bridgehead atoms. The molecule has 0 saturated carbocycles. The first kappa shape index (κ1) is 21.4. The van der Waals surface area contributed by atoms with Crippen molar-refractivity contribution in [3.05, 3.63) is 82.4 Å². The van der Waals surface area contributed by atoms with Crippen molar-refractivity contribution in [2.45, 2.75) is 24.4 Å². The average molecular weight is 429 g/mol. The third-order valence-corrected chi connectivity index (χ3v) is 6.75. The maximum atomic E-state index is 13.6. The molecule has 0 saturated heterocycles. The molecule has 156 valence electrons. The van der Waals surface area contributed by atoms with Gasteiger partial charge < -0.3 is 0 Å². The molecule has 0 radical (unpaired) electrons. The van der Waals surface area contributed by atoms with Crippen LogP contribution in [-0.2, 0) is 21.4 Å². The van der Waals surface area contributed by atoms with Crippen LogP contribution in [0.5, 0.6) is 0 Å². The molecule has 3 rings (SSSR count). The SMILES string of the molecule is C[C@@H](C(=O)NO)N(Cc1ccccc1[N+](=O)[O-])S(=O)(=O)c1cccc2ccccc12. The van der Waals surface area contributed by atoms with Gasteiger partial charge in [-0.1, -0.05) is 54.6 Å². The Morgan fingerprint density at radius 3 is 2.43 bits per heavy atom. The zero-order chi connectivity index (χ0) is 21.9. The van der Waals surface area contributed by atoms with Crippen molar-refractivity contribution in [1.82, 2.24) is 9.79 Å². The summed E-state index contributed by atoms with van der Waals surface area (Å²) in [6.45, 7) is 0.861. The van der Waals surface area contributed by atoms with Gasteiger partial charge in [-0.3, -0.25) is 20.1 Å². The quantitative estimate of drug-likeness (QED) is 0.337. The van der Waals surface area contributed by atoms with Crippen molar-refractivity contribution >= 4 is 32.4 Å². The molecular formula is C20H19N3O6S. The zero-order valence-electron chi connectivity index (χ0n) is 15.9. The molecular weight excluding hydrogens is 410 g/mol. The second-order valence-corrected chi connectivity index (χ2v) is 8.42. The second-order valence-electron chi connectivity index (χ2n) is 6.57. The van der Waals surface area contributed by atoms with Crippen LogP contribution < -0.4 is 5.48 Å². The monoisotopic (exact) mass is 429 g/mol. The first-order valence-corrected chi connectivity index (χ1v) is 10.4. The summed E-state index contributed by atoms with van der Waals surface area (Å²) in [5, 5.41) is 21.5. The van der Waals surface area contributed by atoms with Crippen LogP contribution in [0.2, 0.25) is 0 Å². The molecule has 0 aliphatic heterocycles. The first-order valence-electron chi connectivity index (χ1n) is 8.93. The highest BCUT2D eigenvalue weighted by atomic mass is 32.2. The van der Waals surface area contributed by atoms with Crippen molar-refractivity contribution in [3.8, 4) is 0 Å². The highest BCUT2D eigenvalue weighted by Gasteiger charge is 2.35. The summed E-state index contributed by atoms with van der Waals surface area (Å²) in [4.78, 5) is 22.8. The van der Waals surface area contributed by atoms with E-state index < -0.39 is 33.4 Å². The van der Waals surface area contributed by atoms with Gasteiger partial charge in [-0.15, -0.1) is 0 Å². The van der Waals surface area contributed by atoms with Gasteiger partial charge in [0.05, 0.1) is 9.82 Å². The van der Waals surface area contributed by atoms with E-state index in [0.29, 0.717) is 10.8 Å². The number of fused-ring (bicyclic) bond motifs is 1. The largest absolute Gasteiger partial charge is 0.289 e. The number of amides is 1. The van der Waals surface area contributed by atoms with Gasteiger partial charge in [-0.2, -0.15) is 4.31 Å². The molecule has 0 aliphatic rings. The van der Waals surface area contributed by atoms with Crippen molar-refractivity contribution < 1.29 is 23.3 Å². The van der Waals surface area contributed by atoms with E-state index in [4.69, 9.17) is 5.21 Å². The number of benzene rings is 3. The number of sulfonamides is 1. The third kappa shape index (κ3) is 4.01. The number of nitrogens with one attached hydrogen (secondary N) is 1. The van der Waals surface area contributed by atoms with E-state index in [1.54, 1.807) is 42.5 Å². The summed E-state index contributed by atoms with van der Waals surface area (Å²) >= 11 is 0. The number of nitro groups is 1. The minimum Gasteiger partial charge on any atom is -0.289 e. The topological polar surface area (TPSA) is 130 Å². The highest BCUT2D eigenvalue weighted by molar-refractivity contribution is 7.89. The number of nitrogens with zero attached hydrogens (tertiary/aromatic N) is 2. The van der Waals surface area contributed by atoms with Crippen molar-refractivity contribution in [1.29, 1.82) is 0 Å². The molecule has 0 fully saturated rings. The molecule has 0 aliphatic carbocycles. The van der Waals surface area contributed by atoms with E-state index in [9.17, 15) is 23.3 Å². The van der Waals surface area contributed by atoms with Gasteiger partial charge in [0.15, 0.2) is 0 Å². The molecule has 3 aromatic rings. The Kier molecular flexibility index (Phi) is 6.11. The Morgan fingerprint density at radius 1 is 1.10 bits per heavy atom. The molecule has 1 amide bonds. The zero-order valence-corrected chi connectivity index (χ0v) is 16.7. The van der Waals surface area contributed by atoms with Gasteiger partial charge in [0.1, 0.15) is 6.04 Å². The summed E-state index contributed by atoms with van der Waals surface area (Å²) in [6.07, 6.45) is 0. The molecule has 0 aromatic heterocycles. The lowest BCUT2D eigenvalue weighted by atomic mass is 10.1. The van der Waals surface area contributed by atoms with Crippen LogP contribution in [-0.4, -0.2) is 34.8 Å². The molecule has 2 N–H and O–H groups in total. The summed E-state index contributed by atoms with van der Waals surface area (Å²) in [5.74, 6) is -0.961. The Morgan fingerprint density at radius 2 is 1.73 bits per heavy atom. The van der Waals surface area contributed by atoms with Gasteiger partial charge in [0.2, 0.25) is 10.0 Å². The number of hydrogen-bond donors (Lipinski definition) is 2. The predicted molar refractivity (Wildman–Crippen MR) is 109 cm³/mol. The third-order valence-electron chi connectivity index (χ3n) is 4.77. The maximum Gasteiger partial charge on any atom is 0.273 e. The number of hydroxylamine groups is 1. The number of rotatable bonds is 7. The average Bonchev–Trinajstić information content (AvgIpc) is 2.76. The summed E-state index contributed by atoms with van der Waals surface area (Å²) < 4.78 is 28.0. The van der Waals surface area contributed by atoms with Crippen LogP contribution in [0.4, 0.5) is 5.69 Å². The number of hydrogen-bond acceptors (Lipinski definition) is 6. The maximum absolute atomic E-state index is 13.6. The molecule has 1 atom stereocenters. The number of para-hydroxylation sites is 1. The Labute approximate surface area is 172 Å². The minimum atomic E-state index is -4.28. The number of nitro benzene ring substituents is 1. The fourth-order valence-corrected chi connectivity index (χ4v) is 4.98. The van der Waals surface area contributed by atoms with E-state index in [1.807, 2.05) is 0 Å². The molecule has 0 heterocycles.